The second-order valence-corrected chi connectivity index (χ2v) is 11.5. The minimum Gasteiger partial charge on any atom is -0.346 e. The fourth-order valence-electron chi connectivity index (χ4n) is 3.95. The van der Waals surface area contributed by atoms with E-state index in [1.165, 1.54) is 15.6 Å². The Bertz CT molecular complexity index is 934. The van der Waals surface area contributed by atoms with Crippen molar-refractivity contribution >= 4 is 43.7 Å². The fourth-order valence-corrected chi connectivity index (χ4v) is 7.43. The molecule has 158 valence electrons. The summed E-state index contributed by atoms with van der Waals surface area (Å²) in [4.78, 5) is 21.9. The molecule has 2 aliphatic rings. The molecule has 2 aromatic heterocycles. The van der Waals surface area contributed by atoms with Crippen LogP contribution < -0.4 is 4.90 Å². The Kier molecular flexibility index (Phi) is 6.24. The summed E-state index contributed by atoms with van der Waals surface area (Å²) in [5.74, 6) is 0.0915. The number of thiophene rings is 1. The molecular weight excluding hydrogens is 428 g/mol. The van der Waals surface area contributed by atoms with E-state index in [-0.39, 0.29) is 11.8 Å². The lowest BCUT2D eigenvalue weighted by atomic mass is 9.96. The van der Waals surface area contributed by atoms with Crippen molar-refractivity contribution in [1.82, 2.24) is 14.2 Å². The Hall–Kier alpha value is -1.49. The van der Waals surface area contributed by atoms with E-state index >= 15 is 0 Å². The van der Waals surface area contributed by atoms with Gasteiger partial charge in [0.15, 0.2) is 5.13 Å². The molecule has 0 radical (unpaired) electrons. The van der Waals surface area contributed by atoms with Gasteiger partial charge in [-0.2, -0.15) is 4.31 Å². The molecule has 0 saturated carbocycles. The van der Waals surface area contributed by atoms with E-state index in [1.54, 1.807) is 28.8 Å². The van der Waals surface area contributed by atoms with E-state index < -0.39 is 10.0 Å². The third-order valence-corrected chi connectivity index (χ3v) is 9.87. The normalized spacial score (nSPS) is 20.0. The smallest absolute Gasteiger partial charge is 0.252 e. The molecule has 10 heteroatoms. The molecule has 4 heterocycles. The maximum Gasteiger partial charge on any atom is 0.252 e. The first-order valence-corrected chi connectivity index (χ1v) is 13.1. The van der Waals surface area contributed by atoms with Crippen LogP contribution >= 0.6 is 22.7 Å². The van der Waals surface area contributed by atoms with E-state index in [2.05, 4.69) is 15.3 Å². The number of aryl methyl sites for hydroxylation is 1. The summed E-state index contributed by atoms with van der Waals surface area (Å²) in [7, 11) is -3.42. The van der Waals surface area contributed by atoms with Crippen molar-refractivity contribution in [1.29, 1.82) is 0 Å². The van der Waals surface area contributed by atoms with Crippen LogP contribution in [-0.2, 0) is 14.8 Å². The van der Waals surface area contributed by atoms with Crippen molar-refractivity contribution in [2.24, 2.45) is 5.92 Å². The molecule has 2 fully saturated rings. The average Bonchev–Trinajstić information content (AvgIpc) is 3.35. The second kappa shape index (κ2) is 8.71. The highest BCUT2D eigenvalue weighted by Gasteiger charge is 2.34. The highest BCUT2D eigenvalue weighted by molar-refractivity contribution is 7.91. The van der Waals surface area contributed by atoms with E-state index in [0.717, 1.165) is 36.9 Å². The molecule has 1 amide bonds. The summed E-state index contributed by atoms with van der Waals surface area (Å²) < 4.78 is 27.3. The third kappa shape index (κ3) is 4.50. The van der Waals surface area contributed by atoms with Gasteiger partial charge in [-0.1, -0.05) is 6.07 Å². The topological polar surface area (TPSA) is 73.8 Å². The monoisotopic (exact) mass is 454 g/mol. The van der Waals surface area contributed by atoms with Crippen LogP contribution in [0.5, 0.6) is 0 Å². The molecule has 0 unspecified atom stereocenters. The van der Waals surface area contributed by atoms with Crippen LogP contribution in [0.2, 0.25) is 0 Å². The summed E-state index contributed by atoms with van der Waals surface area (Å²) >= 11 is 2.90. The number of nitrogens with zero attached hydrogens (tertiary/aromatic N) is 4. The molecule has 7 nitrogen and oxygen atoms in total. The number of sulfonamides is 1. The van der Waals surface area contributed by atoms with Crippen LogP contribution in [-0.4, -0.2) is 67.8 Å². The fraction of sp³-hybridized carbons (Fsp3) is 0.579. The number of hydrogen-bond donors (Lipinski definition) is 0. The zero-order chi connectivity index (χ0) is 20.4. The Labute approximate surface area is 180 Å². The first-order chi connectivity index (χ1) is 13.9. The third-order valence-electron chi connectivity index (χ3n) is 5.58. The van der Waals surface area contributed by atoms with Crippen molar-refractivity contribution in [3.05, 3.63) is 28.6 Å². The minimum absolute atomic E-state index is 0.0848. The van der Waals surface area contributed by atoms with Gasteiger partial charge in [-0.05, 0) is 37.6 Å². The van der Waals surface area contributed by atoms with Crippen LogP contribution in [0.1, 0.15) is 25.0 Å². The molecule has 2 aliphatic heterocycles. The summed E-state index contributed by atoms with van der Waals surface area (Å²) in [6.07, 6.45) is 2.11. The van der Waals surface area contributed by atoms with Crippen LogP contribution in [0.3, 0.4) is 0 Å². The lowest BCUT2D eigenvalue weighted by Crippen LogP contribution is -2.45. The zero-order valence-electron chi connectivity index (χ0n) is 16.5. The van der Waals surface area contributed by atoms with Crippen molar-refractivity contribution in [2.75, 3.05) is 44.2 Å². The number of carbonyl (C=O) groups excluding carboxylic acids is 1. The highest BCUT2D eigenvalue weighted by Crippen LogP contribution is 2.28. The summed E-state index contributed by atoms with van der Waals surface area (Å²) in [6.45, 7) is 5.99. The van der Waals surface area contributed by atoms with Crippen LogP contribution in [0.15, 0.2) is 27.1 Å². The number of anilines is 1. The van der Waals surface area contributed by atoms with Gasteiger partial charge in [0.1, 0.15) is 4.21 Å². The van der Waals surface area contributed by atoms with Crippen molar-refractivity contribution < 1.29 is 13.2 Å². The highest BCUT2D eigenvalue weighted by atomic mass is 32.2. The predicted octanol–water partition coefficient (Wildman–Crippen LogP) is 2.65. The average molecular weight is 455 g/mol. The summed E-state index contributed by atoms with van der Waals surface area (Å²) in [6, 6.07) is 3.40. The van der Waals surface area contributed by atoms with Crippen molar-refractivity contribution in [2.45, 2.75) is 30.4 Å². The van der Waals surface area contributed by atoms with Gasteiger partial charge >= 0.3 is 0 Å². The van der Waals surface area contributed by atoms with Gasteiger partial charge in [0.2, 0.25) is 5.91 Å². The van der Waals surface area contributed by atoms with Gasteiger partial charge in [-0.15, -0.1) is 22.7 Å². The minimum atomic E-state index is -3.42. The molecule has 29 heavy (non-hydrogen) atoms. The molecule has 0 spiro atoms. The molecule has 2 saturated heterocycles. The maximum atomic E-state index is 13.1. The molecule has 0 bridgehead atoms. The van der Waals surface area contributed by atoms with Crippen LogP contribution in [0, 0.1) is 12.8 Å². The van der Waals surface area contributed by atoms with Gasteiger partial charge < -0.3 is 9.80 Å². The predicted molar refractivity (Wildman–Crippen MR) is 116 cm³/mol. The largest absolute Gasteiger partial charge is 0.346 e. The number of rotatable bonds is 4. The van der Waals surface area contributed by atoms with Crippen molar-refractivity contribution in [3.8, 4) is 0 Å². The number of carbonyl (C=O) groups is 1. The first kappa shape index (κ1) is 20.8. The van der Waals surface area contributed by atoms with E-state index in [4.69, 9.17) is 0 Å². The SMILES string of the molecule is Cc1csc(N2CCCN(C(=O)C3CCN(S(=O)(=O)c4cccs4)CC3)CC2)n1. The van der Waals surface area contributed by atoms with Gasteiger partial charge in [0, 0.05) is 50.6 Å². The Balaban J connectivity index is 1.33. The first-order valence-electron chi connectivity index (χ1n) is 9.94. The second-order valence-electron chi connectivity index (χ2n) is 7.55. The van der Waals surface area contributed by atoms with Crippen LogP contribution in [0.25, 0.3) is 0 Å². The number of aromatic nitrogens is 1. The van der Waals surface area contributed by atoms with E-state index in [1.807, 2.05) is 11.8 Å². The van der Waals surface area contributed by atoms with E-state index in [9.17, 15) is 13.2 Å². The van der Waals surface area contributed by atoms with Gasteiger partial charge in [0.05, 0.1) is 5.69 Å². The molecule has 2 aromatic rings. The molecule has 0 N–H and O–H groups in total. The van der Waals surface area contributed by atoms with Crippen LogP contribution in [0.4, 0.5) is 5.13 Å². The molecule has 0 aromatic carbocycles. The Morgan fingerprint density at radius 1 is 1.10 bits per heavy atom. The lowest BCUT2D eigenvalue weighted by Gasteiger charge is -2.33. The summed E-state index contributed by atoms with van der Waals surface area (Å²) in [5.41, 5.74) is 1.03. The number of hydrogen-bond acceptors (Lipinski definition) is 7. The number of piperidine rings is 1. The molecule has 4 rings (SSSR count). The standard InChI is InChI=1S/C19H26N4O3S3/c1-15-14-28-19(20-15)22-8-3-7-21(11-12-22)18(24)16-5-9-23(10-6-16)29(25,26)17-4-2-13-27-17/h2,4,13-14,16H,3,5-12H2,1H3. The summed E-state index contributed by atoms with van der Waals surface area (Å²) in [5, 5.41) is 4.86. The molecule has 0 aliphatic carbocycles. The molecule has 0 atom stereocenters. The Morgan fingerprint density at radius 2 is 1.90 bits per heavy atom. The zero-order valence-corrected chi connectivity index (χ0v) is 18.9. The lowest BCUT2D eigenvalue weighted by molar-refractivity contribution is -0.136. The maximum absolute atomic E-state index is 13.1. The number of thiazole rings is 1. The molecular formula is C19H26N4O3S3. The van der Waals surface area contributed by atoms with Gasteiger partial charge in [0.25, 0.3) is 10.0 Å². The van der Waals surface area contributed by atoms with Gasteiger partial charge in [-0.3, -0.25) is 4.79 Å². The van der Waals surface area contributed by atoms with Crippen molar-refractivity contribution in [3.63, 3.8) is 0 Å². The quantitative estimate of drug-likeness (QED) is 0.710. The Morgan fingerprint density at radius 3 is 2.55 bits per heavy atom. The van der Waals surface area contributed by atoms with E-state index in [0.29, 0.717) is 36.7 Å². The number of amides is 1. The van der Waals surface area contributed by atoms with Gasteiger partial charge in [-0.25, -0.2) is 13.4 Å².